The normalized spacial score (nSPS) is 16.3. The van der Waals surface area contributed by atoms with Crippen LogP contribution in [0.3, 0.4) is 0 Å². The molecular formula is C22H20N2O3. The largest absolute Gasteiger partial charge is 0.497 e. The lowest BCUT2D eigenvalue weighted by molar-refractivity contribution is 0.0692. The fraction of sp³-hybridized carbons (Fsp3) is 0.182. The average molecular weight is 360 g/mol. The van der Waals surface area contributed by atoms with E-state index in [4.69, 9.17) is 9.15 Å². The Kier molecular flexibility index (Phi) is 4.50. The minimum atomic E-state index is -0.259. The Morgan fingerprint density at radius 2 is 1.96 bits per heavy atom. The molecule has 2 aromatic carbocycles. The van der Waals surface area contributed by atoms with Crippen LogP contribution in [0.15, 0.2) is 76.4 Å². The monoisotopic (exact) mass is 360 g/mol. The van der Waals surface area contributed by atoms with E-state index in [9.17, 15) is 4.79 Å². The van der Waals surface area contributed by atoms with Crippen molar-refractivity contribution in [1.29, 1.82) is 0 Å². The van der Waals surface area contributed by atoms with Gasteiger partial charge in [-0.3, -0.25) is 4.79 Å². The van der Waals surface area contributed by atoms with Crippen LogP contribution in [0.5, 0.6) is 5.75 Å². The summed E-state index contributed by atoms with van der Waals surface area (Å²) in [6.07, 6.45) is 2.22. The lowest BCUT2D eigenvalue weighted by Crippen LogP contribution is -2.26. The molecule has 3 aromatic rings. The van der Waals surface area contributed by atoms with Crippen molar-refractivity contribution in [3.8, 4) is 5.75 Å². The molecule has 1 amide bonds. The molecule has 136 valence electrons. The van der Waals surface area contributed by atoms with Crippen LogP contribution in [-0.2, 0) is 0 Å². The molecule has 1 aliphatic rings. The molecule has 1 aromatic heterocycles. The third-order valence-electron chi connectivity index (χ3n) is 4.68. The van der Waals surface area contributed by atoms with E-state index in [1.54, 1.807) is 13.4 Å². The highest BCUT2D eigenvalue weighted by Gasteiger charge is 2.35. The summed E-state index contributed by atoms with van der Waals surface area (Å²) in [4.78, 5) is 13.1. The Morgan fingerprint density at radius 1 is 1.15 bits per heavy atom. The minimum Gasteiger partial charge on any atom is -0.497 e. The Labute approximate surface area is 157 Å². The van der Waals surface area contributed by atoms with Crippen LogP contribution >= 0.6 is 0 Å². The van der Waals surface area contributed by atoms with Crippen molar-refractivity contribution in [1.82, 2.24) is 5.01 Å². The molecule has 0 saturated carbocycles. The number of hydrazone groups is 1. The number of hydrogen-bond donors (Lipinski definition) is 0. The fourth-order valence-corrected chi connectivity index (χ4v) is 3.27. The third-order valence-corrected chi connectivity index (χ3v) is 4.68. The van der Waals surface area contributed by atoms with Gasteiger partial charge in [0.05, 0.1) is 19.1 Å². The van der Waals surface area contributed by atoms with Gasteiger partial charge in [0.2, 0.25) is 0 Å². The number of hydrogen-bond acceptors (Lipinski definition) is 4. The molecule has 1 unspecified atom stereocenters. The van der Waals surface area contributed by atoms with Gasteiger partial charge in [0.15, 0.2) is 0 Å². The number of aryl methyl sites for hydroxylation is 1. The number of ether oxygens (including phenoxy) is 1. The van der Waals surface area contributed by atoms with Crippen LogP contribution < -0.4 is 4.74 Å². The first-order valence-electron chi connectivity index (χ1n) is 8.81. The number of carbonyl (C=O) groups is 1. The van der Waals surface area contributed by atoms with Gasteiger partial charge in [0.1, 0.15) is 17.6 Å². The van der Waals surface area contributed by atoms with Crippen molar-refractivity contribution >= 4 is 11.6 Å². The number of carbonyl (C=O) groups excluding carboxylic acids is 1. The first kappa shape index (κ1) is 17.1. The second-order valence-electron chi connectivity index (χ2n) is 6.53. The van der Waals surface area contributed by atoms with Crippen molar-refractivity contribution in [2.75, 3.05) is 7.11 Å². The summed E-state index contributed by atoms with van der Waals surface area (Å²) >= 11 is 0. The van der Waals surface area contributed by atoms with Gasteiger partial charge in [-0.2, -0.15) is 5.10 Å². The van der Waals surface area contributed by atoms with E-state index in [0.29, 0.717) is 12.0 Å². The van der Waals surface area contributed by atoms with E-state index in [2.05, 4.69) is 5.10 Å². The molecule has 0 fully saturated rings. The molecule has 0 saturated heterocycles. The zero-order valence-corrected chi connectivity index (χ0v) is 15.3. The molecular weight excluding hydrogens is 340 g/mol. The van der Waals surface area contributed by atoms with Crippen LogP contribution in [-0.4, -0.2) is 23.7 Å². The maximum absolute atomic E-state index is 13.1. The van der Waals surface area contributed by atoms with Crippen LogP contribution in [0.1, 0.15) is 39.7 Å². The van der Waals surface area contributed by atoms with E-state index >= 15 is 0 Å². The second-order valence-corrected chi connectivity index (χ2v) is 6.53. The molecule has 5 heteroatoms. The van der Waals surface area contributed by atoms with E-state index in [1.807, 2.05) is 67.6 Å². The Bertz CT molecular complexity index is 975. The SMILES string of the molecule is COc1ccc(C2=NN(C(=O)c3cccc(C)c3)C(c3ccco3)C2)cc1. The van der Waals surface area contributed by atoms with Crippen LogP contribution in [0.2, 0.25) is 0 Å². The van der Waals surface area contributed by atoms with Crippen molar-refractivity contribution in [2.45, 2.75) is 19.4 Å². The Morgan fingerprint density at radius 3 is 2.63 bits per heavy atom. The van der Waals surface area contributed by atoms with Crippen LogP contribution in [0, 0.1) is 6.92 Å². The van der Waals surface area contributed by atoms with E-state index < -0.39 is 0 Å². The van der Waals surface area contributed by atoms with Crippen molar-refractivity contribution < 1.29 is 13.9 Å². The quantitative estimate of drug-likeness (QED) is 0.684. The number of benzene rings is 2. The molecule has 27 heavy (non-hydrogen) atoms. The molecule has 0 aliphatic carbocycles. The van der Waals surface area contributed by atoms with Gasteiger partial charge < -0.3 is 9.15 Å². The number of furan rings is 1. The van der Waals surface area contributed by atoms with Gasteiger partial charge >= 0.3 is 0 Å². The predicted octanol–water partition coefficient (Wildman–Crippen LogP) is 4.59. The van der Waals surface area contributed by atoms with Gasteiger partial charge in [0.25, 0.3) is 5.91 Å². The molecule has 5 nitrogen and oxygen atoms in total. The Balaban J connectivity index is 1.70. The van der Waals surface area contributed by atoms with E-state index in [0.717, 1.165) is 28.3 Å². The summed E-state index contributed by atoms with van der Waals surface area (Å²) in [5, 5.41) is 6.19. The smallest absolute Gasteiger partial charge is 0.274 e. The van der Waals surface area contributed by atoms with E-state index in [1.165, 1.54) is 5.01 Å². The molecule has 0 spiro atoms. The van der Waals surface area contributed by atoms with Gasteiger partial charge in [-0.1, -0.05) is 17.7 Å². The van der Waals surface area contributed by atoms with Crippen molar-refractivity contribution in [3.05, 3.63) is 89.4 Å². The number of methoxy groups -OCH3 is 1. The minimum absolute atomic E-state index is 0.136. The van der Waals surface area contributed by atoms with Crippen molar-refractivity contribution in [2.24, 2.45) is 5.10 Å². The molecule has 1 atom stereocenters. The zero-order chi connectivity index (χ0) is 18.8. The highest BCUT2D eigenvalue weighted by molar-refractivity contribution is 6.05. The summed E-state index contributed by atoms with van der Waals surface area (Å²) in [5.41, 5.74) is 3.46. The molecule has 0 N–H and O–H groups in total. The predicted molar refractivity (Wildman–Crippen MR) is 103 cm³/mol. The lowest BCUT2D eigenvalue weighted by atomic mass is 10.0. The molecule has 0 radical (unpaired) electrons. The highest BCUT2D eigenvalue weighted by Crippen LogP contribution is 2.34. The van der Waals surface area contributed by atoms with Gasteiger partial charge in [-0.05, 0) is 61.0 Å². The maximum Gasteiger partial charge on any atom is 0.274 e. The first-order chi connectivity index (χ1) is 13.2. The summed E-state index contributed by atoms with van der Waals surface area (Å²) < 4.78 is 10.8. The van der Waals surface area contributed by atoms with Gasteiger partial charge in [-0.25, -0.2) is 5.01 Å². The summed E-state index contributed by atoms with van der Waals surface area (Å²) in [7, 11) is 1.64. The highest BCUT2D eigenvalue weighted by atomic mass is 16.5. The second kappa shape index (κ2) is 7.11. The standard InChI is InChI=1S/C22H20N2O3/c1-15-5-3-6-17(13-15)22(25)24-20(21-7-4-12-27-21)14-19(23-24)16-8-10-18(26-2)11-9-16/h3-13,20H,14H2,1-2H3. The van der Waals surface area contributed by atoms with E-state index in [-0.39, 0.29) is 11.9 Å². The number of nitrogens with zero attached hydrogens (tertiary/aromatic N) is 2. The molecule has 1 aliphatic heterocycles. The van der Waals surface area contributed by atoms with Crippen LogP contribution in [0.4, 0.5) is 0 Å². The molecule has 4 rings (SSSR count). The lowest BCUT2D eigenvalue weighted by Gasteiger charge is -2.20. The Hall–Kier alpha value is -3.34. The fourth-order valence-electron chi connectivity index (χ4n) is 3.27. The average Bonchev–Trinajstić information content (AvgIpc) is 3.37. The third kappa shape index (κ3) is 3.36. The summed E-state index contributed by atoms with van der Waals surface area (Å²) in [5.74, 6) is 1.37. The molecule has 0 bridgehead atoms. The summed E-state index contributed by atoms with van der Waals surface area (Å²) in [6.45, 7) is 1.97. The number of rotatable bonds is 4. The van der Waals surface area contributed by atoms with Crippen LogP contribution in [0.25, 0.3) is 0 Å². The van der Waals surface area contributed by atoms with Gasteiger partial charge in [-0.15, -0.1) is 0 Å². The number of amides is 1. The maximum atomic E-state index is 13.1. The van der Waals surface area contributed by atoms with Gasteiger partial charge in [0, 0.05) is 12.0 Å². The molecule has 2 heterocycles. The van der Waals surface area contributed by atoms with Crippen molar-refractivity contribution in [3.63, 3.8) is 0 Å². The summed E-state index contributed by atoms with van der Waals surface area (Å²) in [6, 6.07) is 18.7. The topological polar surface area (TPSA) is 55.0 Å². The zero-order valence-electron chi connectivity index (χ0n) is 15.3. The first-order valence-corrected chi connectivity index (χ1v) is 8.81.